The summed E-state index contributed by atoms with van der Waals surface area (Å²) in [6.07, 6.45) is 0.478. The van der Waals surface area contributed by atoms with Crippen LogP contribution in [0.3, 0.4) is 0 Å². The molecule has 1 fully saturated rings. The predicted molar refractivity (Wildman–Crippen MR) is 62.8 cm³/mol. The van der Waals surface area contributed by atoms with Crippen molar-refractivity contribution in [2.75, 3.05) is 7.05 Å². The summed E-state index contributed by atoms with van der Waals surface area (Å²) in [5, 5.41) is 1.84. The largest absolute Gasteiger partial charge is 0.324 e. The summed E-state index contributed by atoms with van der Waals surface area (Å²) >= 11 is 6.41. The van der Waals surface area contributed by atoms with E-state index in [9.17, 15) is 9.59 Å². The SMILES string of the molecule is CN1C(=O)NC(=O)C12Cc1ccccc1C2Cl. The average Bonchev–Trinajstić information content (AvgIpc) is 2.73. The molecule has 1 aromatic carbocycles. The lowest BCUT2D eigenvalue weighted by Gasteiger charge is -2.31. The van der Waals surface area contributed by atoms with Gasteiger partial charge in [-0.3, -0.25) is 10.1 Å². The second-order valence-corrected chi connectivity index (χ2v) is 4.92. The number of benzene rings is 1. The van der Waals surface area contributed by atoms with Gasteiger partial charge in [0.1, 0.15) is 5.54 Å². The van der Waals surface area contributed by atoms with E-state index in [2.05, 4.69) is 5.32 Å². The fourth-order valence-electron chi connectivity index (χ4n) is 2.69. The highest BCUT2D eigenvalue weighted by atomic mass is 35.5. The van der Waals surface area contributed by atoms with Crippen LogP contribution in [0.4, 0.5) is 4.79 Å². The van der Waals surface area contributed by atoms with Gasteiger partial charge in [0.2, 0.25) is 0 Å². The number of likely N-dealkylation sites (N-methyl/N-ethyl adjacent to an activating group) is 1. The summed E-state index contributed by atoms with van der Waals surface area (Å²) in [5.74, 6) is -0.304. The number of nitrogens with zero attached hydrogens (tertiary/aromatic N) is 1. The van der Waals surface area contributed by atoms with Gasteiger partial charge in [-0.2, -0.15) is 0 Å². The van der Waals surface area contributed by atoms with Gasteiger partial charge in [-0.25, -0.2) is 4.79 Å². The van der Waals surface area contributed by atoms with E-state index in [0.29, 0.717) is 6.42 Å². The van der Waals surface area contributed by atoms with Crippen LogP contribution in [0.25, 0.3) is 0 Å². The van der Waals surface area contributed by atoms with Crippen LogP contribution in [0.1, 0.15) is 16.5 Å². The molecule has 1 saturated heterocycles. The Morgan fingerprint density at radius 1 is 1.41 bits per heavy atom. The highest BCUT2D eigenvalue weighted by Gasteiger charge is 2.59. The van der Waals surface area contributed by atoms with Crippen molar-refractivity contribution >= 4 is 23.5 Å². The predicted octanol–water partition coefficient (Wildman–Crippen LogP) is 1.44. The second kappa shape index (κ2) is 3.23. The van der Waals surface area contributed by atoms with Gasteiger partial charge < -0.3 is 4.90 Å². The van der Waals surface area contributed by atoms with Crippen LogP contribution in [0.5, 0.6) is 0 Å². The van der Waals surface area contributed by atoms with Crippen molar-refractivity contribution in [2.24, 2.45) is 0 Å². The summed E-state index contributed by atoms with van der Waals surface area (Å²) in [7, 11) is 1.61. The number of fused-ring (bicyclic) bond motifs is 1. The second-order valence-electron chi connectivity index (χ2n) is 4.48. The molecule has 0 radical (unpaired) electrons. The number of halogens is 1. The molecule has 4 nitrogen and oxygen atoms in total. The van der Waals surface area contributed by atoms with Crippen molar-refractivity contribution in [1.29, 1.82) is 0 Å². The highest BCUT2D eigenvalue weighted by molar-refractivity contribution is 6.26. The zero-order chi connectivity index (χ0) is 12.2. The Labute approximate surface area is 104 Å². The van der Waals surface area contributed by atoms with Gasteiger partial charge in [0.15, 0.2) is 0 Å². The van der Waals surface area contributed by atoms with Crippen molar-refractivity contribution in [3.8, 4) is 0 Å². The van der Waals surface area contributed by atoms with Gasteiger partial charge >= 0.3 is 6.03 Å². The molecule has 2 aliphatic rings. The van der Waals surface area contributed by atoms with Crippen molar-refractivity contribution in [3.05, 3.63) is 35.4 Å². The van der Waals surface area contributed by atoms with Gasteiger partial charge in [0, 0.05) is 13.5 Å². The maximum absolute atomic E-state index is 12.0. The quantitative estimate of drug-likeness (QED) is 0.560. The minimum absolute atomic E-state index is 0.304. The monoisotopic (exact) mass is 250 g/mol. The van der Waals surface area contributed by atoms with Gasteiger partial charge in [-0.15, -0.1) is 11.6 Å². The molecule has 17 heavy (non-hydrogen) atoms. The molecule has 1 aliphatic heterocycles. The summed E-state index contributed by atoms with van der Waals surface area (Å²) in [5.41, 5.74) is 1.01. The van der Waals surface area contributed by atoms with Crippen LogP contribution < -0.4 is 5.32 Å². The number of nitrogens with one attached hydrogen (secondary N) is 1. The fraction of sp³-hybridized carbons (Fsp3) is 0.333. The van der Waals surface area contributed by atoms with Gasteiger partial charge in [0.05, 0.1) is 5.38 Å². The third kappa shape index (κ3) is 1.13. The third-order valence-corrected chi connectivity index (χ3v) is 4.32. The molecule has 5 heteroatoms. The van der Waals surface area contributed by atoms with Crippen LogP contribution >= 0.6 is 11.6 Å². The normalized spacial score (nSPS) is 30.9. The number of carbonyl (C=O) groups is 2. The maximum atomic E-state index is 12.0. The van der Waals surface area contributed by atoms with E-state index in [1.54, 1.807) is 7.05 Å². The molecule has 1 aromatic rings. The van der Waals surface area contributed by atoms with Crippen LogP contribution in [-0.4, -0.2) is 29.4 Å². The minimum Gasteiger partial charge on any atom is -0.311 e. The van der Waals surface area contributed by atoms with Crippen LogP contribution in [-0.2, 0) is 11.2 Å². The molecule has 3 amide bonds. The van der Waals surface area contributed by atoms with E-state index < -0.39 is 10.9 Å². The molecular formula is C12H11ClN2O2. The molecule has 0 bridgehead atoms. The zero-order valence-electron chi connectivity index (χ0n) is 9.24. The van der Waals surface area contributed by atoms with E-state index in [-0.39, 0.29) is 11.9 Å². The first-order valence-corrected chi connectivity index (χ1v) is 5.82. The third-order valence-electron chi connectivity index (χ3n) is 3.72. The maximum Gasteiger partial charge on any atom is 0.324 e. The first-order valence-electron chi connectivity index (χ1n) is 5.38. The average molecular weight is 251 g/mol. The molecule has 88 valence electrons. The highest BCUT2D eigenvalue weighted by Crippen LogP contribution is 2.48. The Bertz CT molecular complexity index is 531. The van der Waals surface area contributed by atoms with Gasteiger partial charge in [-0.05, 0) is 11.1 Å². The van der Waals surface area contributed by atoms with Crippen molar-refractivity contribution < 1.29 is 9.59 Å². The number of amides is 3. The number of rotatable bonds is 0. The summed E-state index contributed by atoms with van der Waals surface area (Å²) in [6, 6.07) is 7.28. The van der Waals surface area contributed by atoms with Gasteiger partial charge in [0.25, 0.3) is 5.91 Å². The molecule has 2 unspecified atom stereocenters. The van der Waals surface area contributed by atoms with Crippen molar-refractivity contribution in [3.63, 3.8) is 0 Å². The number of hydrogen-bond acceptors (Lipinski definition) is 2. The number of imide groups is 1. The Hall–Kier alpha value is -1.55. The number of hydrogen-bond donors (Lipinski definition) is 1. The van der Waals surface area contributed by atoms with Gasteiger partial charge in [-0.1, -0.05) is 24.3 Å². The van der Waals surface area contributed by atoms with Crippen molar-refractivity contribution in [2.45, 2.75) is 17.3 Å². The summed E-state index contributed by atoms with van der Waals surface area (Å²) in [6.45, 7) is 0. The molecule has 1 spiro atoms. The summed E-state index contributed by atoms with van der Waals surface area (Å²) < 4.78 is 0. The Morgan fingerprint density at radius 2 is 2.12 bits per heavy atom. The van der Waals surface area contributed by atoms with E-state index in [1.165, 1.54) is 4.90 Å². The Kier molecular flexibility index (Phi) is 2.01. The topological polar surface area (TPSA) is 49.4 Å². The molecule has 0 saturated carbocycles. The molecule has 1 N–H and O–H groups in total. The van der Waals surface area contributed by atoms with E-state index in [1.807, 2.05) is 24.3 Å². The summed E-state index contributed by atoms with van der Waals surface area (Å²) in [4.78, 5) is 25.0. The van der Waals surface area contributed by atoms with E-state index >= 15 is 0 Å². The molecule has 3 rings (SSSR count). The van der Waals surface area contributed by atoms with Crippen molar-refractivity contribution in [1.82, 2.24) is 10.2 Å². The smallest absolute Gasteiger partial charge is 0.311 e. The lowest BCUT2D eigenvalue weighted by atomic mass is 9.94. The van der Waals surface area contributed by atoms with Crippen LogP contribution in [0, 0.1) is 0 Å². The Morgan fingerprint density at radius 3 is 2.71 bits per heavy atom. The van der Waals surface area contributed by atoms with Crippen LogP contribution in [0.15, 0.2) is 24.3 Å². The number of carbonyl (C=O) groups excluding carboxylic acids is 2. The first kappa shape index (κ1) is 10.6. The molecular weight excluding hydrogens is 240 g/mol. The molecule has 0 aromatic heterocycles. The lowest BCUT2D eigenvalue weighted by molar-refractivity contribution is -0.126. The zero-order valence-corrected chi connectivity index (χ0v) is 9.99. The molecule has 1 heterocycles. The van der Waals surface area contributed by atoms with Crippen LogP contribution in [0.2, 0.25) is 0 Å². The number of alkyl halides is 1. The first-order chi connectivity index (χ1) is 8.07. The standard InChI is InChI=1S/C12H11ClN2O2/c1-15-11(17)14-10(16)12(15)6-7-4-2-3-5-8(7)9(12)13/h2-5,9H,6H2,1H3,(H,14,16,17). The Balaban J connectivity index is 2.14. The molecule has 2 atom stereocenters. The van der Waals surface area contributed by atoms with E-state index in [4.69, 9.17) is 11.6 Å². The fourth-order valence-corrected chi connectivity index (χ4v) is 3.22. The molecule has 1 aliphatic carbocycles. The minimum atomic E-state index is -0.956. The number of urea groups is 1. The lowest BCUT2D eigenvalue weighted by Crippen LogP contribution is -2.49. The van der Waals surface area contributed by atoms with E-state index in [0.717, 1.165) is 11.1 Å².